The van der Waals surface area contributed by atoms with Gasteiger partial charge in [0.05, 0.1) is 23.1 Å². The maximum Gasteiger partial charge on any atom is 0.416 e. The second kappa shape index (κ2) is 6.26. The third kappa shape index (κ3) is 4.29. The summed E-state index contributed by atoms with van der Waals surface area (Å²) in [5.74, 6) is 0.517. The summed E-state index contributed by atoms with van der Waals surface area (Å²) < 4.78 is 39.4. The minimum Gasteiger partial charge on any atom is -0.311 e. The molecule has 1 N–H and O–H groups in total. The standard InChI is InChI=1S/C14H17F3N4/c1-10(2)7-18-8-12-9-21(20-19-12)13-5-3-4-11(6-13)14(15,16)17/h3-6,9-10,18H,7-8H2,1-2H3. The molecule has 0 saturated carbocycles. The summed E-state index contributed by atoms with van der Waals surface area (Å²) in [4.78, 5) is 0. The van der Waals surface area contributed by atoms with Gasteiger partial charge in [-0.1, -0.05) is 25.1 Å². The number of benzene rings is 1. The van der Waals surface area contributed by atoms with Crippen molar-refractivity contribution in [3.63, 3.8) is 0 Å². The molecule has 0 aliphatic rings. The Morgan fingerprint density at radius 1 is 1.29 bits per heavy atom. The Bertz CT molecular complexity index is 590. The van der Waals surface area contributed by atoms with Crippen LogP contribution in [0, 0.1) is 5.92 Å². The number of halogens is 3. The lowest BCUT2D eigenvalue weighted by atomic mass is 10.2. The highest BCUT2D eigenvalue weighted by Crippen LogP contribution is 2.30. The molecule has 0 radical (unpaired) electrons. The van der Waals surface area contributed by atoms with Gasteiger partial charge < -0.3 is 5.32 Å². The van der Waals surface area contributed by atoms with Gasteiger partial charge in [-0.3, -0.25) is 0 Å². The van der Waals surface area contributed by atoms with E-state index >= 15 is 0 Å². The fourth-order valence-corrected chi connectivity index (χ4v) is 1.82. The van der Waals surface area contributed by atoms with Crippen LogP contribution in [0.2, 0.25) is 0 Å². The Labute approximate surface area is 121 Å². The average molecular weight is 298 g/mol. The summed E-state index contributed by atoms with van der Waals surface area (Å²) in [5, 5.41) is 11.0. The van der Waals surface area contributed by atoms with E-state index in [1.54, 1.807) is 12.3 Å². The van der Waals surface area contributed by atoms with Crippen molar-refractivity contribution >= 4 is 0 Å². The van der Waals surface area contributed by atoms with Gasteiger partial charge in [-0.05, 0) is 30.7 Å². The highest BCUT2D eigenvalue weighted by Gasteiger charge is 2.30. The molecule has 4 nitrogen and oxygen atoms in total. The molecule has 21 heavy (non-hydrogen) atoms. The predicted octanol–water partition coefficient (Wildman–Crippen LogP) is 3.03. The van der Waals surface area contributed by atoms with Crippen LogP contribution in [-0.2, 0) is 12.7 Å². The third-order valence-electron chi connectivity index (χ3n) is 2.84. The normalized spacial score (nSPS) is 12.1. The first-order chi connectivity index (χ1) is 9.86. The summed E-state index contributed by atoms with van der Waals surface area (Å²) in [6, 6.07) is 5.01. The van der Waals surface area contributed by atoms with E-state index in [-0.39, 0.29) is 0 Å². The van der Waals surface area contributed by atoms with Crippen LogP contribution in [0.15, 0.2) is 30.5 Å². The molecular weight excluding hydrogens is 281 g/mol. The van der Waals surface area contributed by atoms with Crippen molar-refractivity contribution in [2.45, 2.75) is 26.6 Å². The van der Waals surface area contributed by atoms with Gasteiger partial charge in [0.2, 0.25) is 0 Å². The topological polar surface area (TPSA) is 42.7 Å². The summed E-state index contributed by atoms with van der Waals surface area (Å²) in [7, 11) is 0. The molecule has 0 spiro atoms. The van der Waals surface area contributed by atoms with Gasteiger partial charge in [0, 0.05) is 6.54 Å². The number of hydrogen-bond acceptors (Lipinski definition) is 3. The van der Waals surface area contributed by atoms with E-state index in [0.29, 0.717) is 23.8 Å². The Morgan fingerprint density at radius 3 is 2.71 bits per heavy atom. The third-order valence-corrected chi connectivity index (χ3v) is 2.84. The molecule has 0 aliphatic carbocycles. The van der Waals surface area contributed by atoms with E-state index in [1.807, 2.05) is 0 Å². The average Bonchev–Trinajstić information content (AvgIpc) is 2.86. The molecule has 0 unspecified atom stereocenters. The lowest BCUT2D eigenvalue weighted by Crippen LogP contribution is -2.19. The number of hydrogen-bond donors (Lipinski definition) is 1. The van der Waals surface area contributed by atoms with Gasteiger partial charge in [-0.25, -0.2) is 4.68 Å². The van der Waals surface area contributed by atoms with Gasteiger partial charge in [-0.2, -0.15) is 13.2 Å². The van der Waals surface area contributed by atoms with Crippen LogP contribution in [0.1, 0.15) is 25.1 Å². The molecule has 0 amide bonds. The molecule has 0 bridgehead atoms. The van der Waals surface area contributed by atoms with Crippen molar-refractivity contribution in [1.82, 2.24) is 20.3 Å². The van der Waals surface area contributed by atoms with E-state index in [2.05, 4.69) is 29.5 Å². The molecule has 0 atom stereocenters. The quantitative estimate of drug-likeness (QED) is 0.922. The lowest BCUT2D eigenvalue weighted by molar-refractivity contribution is -0.137. The minimum atomic E-state index is -4.36. The molecule has 0 fully saturated rings. The summed E-state index contributed by atoms with van der Waals surface area (Å²) >= 11 is 0. The Balaban J connectivity index is 2.11. The van der Waals surface area contributed by atoms with E-state index < -0.39 is 11.7 Å². The minimum absolute atomic E-state index is 0.340. The Morgan fingerprint density at radius 2 is 2.05 bits per heavy atom. The molecule has 2 aromatic rings. The van der Waals surface area contributed by atoms with Crippen molar-refractivity contribution < 1.29 is 13.2 Å². The maximum absolute atomic E-state index is 12.7. The molecule has 114 valence electrons. The van der Waals surface area contributed by atoms with Crippen LogP contribution in [0.25, 0.3) is 5.69 Å². The van der Waals surface area contributed by atoms with Gasteiger partial charge in [0.1, 0.15) is 0 Å². The molecule has 2 rings (SSSR count). The maximum atomic E-state index is 12.7. The van der Waals surface area contributed by atoms with E-state index in [1.165, 1.54) is 10.7 Å². The zero-order chi connectivity index (χ0) is 15.5. The van der Waals surface area contributed by atoms with E-state index in [4.69, 9.17) is 0 Å². The second-order valence-corrected chi connectivity index (χ2v) is 5.23. The van der Waals surface area contributed by atoms with Gasteiger partial charge in [0.15, 0.2) is 0 Å². The van der Waals surface area contributed by atoms with Crippen LogP contribution in [-0.4, -0.2) is 21.5 Å². The van der Waals surface area contributed by atoms with Crippen LogP contribution in [0.3, 0.4) is 0 Å². The Hall–Kier alpha value is -1.89. The number of nitrogens with one attached hydrogen (secondary N) is 1. The zero-order valence-corrected chi connectivity index (χ0v) is 11.9. The lowest BCUT2D eigenvalue weighted by Gasteiger charge is -2.08. The summed E-state index contributed by atoms with van der Waals surface area (Å²) in [6.07, 6.45) is -2.74. The van der Waals surface area contributed by atoms with E-state index in [9.17, 15) is 13.2 Å². The second-order valence-electron chi connectivity index (χ2n) is 5.23. The molecule has 0 aliphatic heterocycles. The fraction of sp³-hybridized carbons (Fsp3) is 0.429. The van der Waals surface area contributed by atoms with E-state index in [0.717, 1.165) is 18.7 Å². The SMILES string of the molecule is CC(C)CNCc1cn(-c2cccc(C(F)(F)F)c2)nn1. The van der Waals surface area contributed by atoms with Crippen LogP contribution in [0.5, 0.6) is 0 Å². The molecular formula is C14H17F3N4. The number of aromatic nitrogens is 3. The number of nitrogens with zero attached hydrogens (tertiary/aromatic N) is 3. The van der Waals surface area contributed by atoms with Crippen molar-refractivity contribution in [3.8, 4) is 5.69 Å². The van der Waals surface area contributed by atoms with Crippen LogP contribution >= 0.6 is 0 Å². The van der Waals surface area contributed by atoms with Gasteiger partial charge in [0.25, 0.3) is 0 Å². The predicted molar refractivity (Wildman–Crippen MR) is 72.9 cm³/mol. The number of alkyl halides is 3. The summed E-state index contributed by atoms with van der Waals surface area (Å²) in [6.45, 7) is 5.56. The van der Waals surface area contributed by atoms with Crippen molar-refractivity contribution in [2.24, 2.45) is 5.92 Å². The first-order valence-corrected chi connectivity index (χ1v) is 6.66. The largest absolute Gasteiger partial charge is 0.416 e. The zero-order valence-electron chi connectivity index (χ0n) is 11.9. The fourth-order valence-electron chi connectivity index (χ4n) is 1.82. The van der Waals surface area contributed by atoms with Crippen molar-refractivity contribution in [2.75, 3.05) is 6.54 Å². The molecule has 7 heteroatoms. The molecule has 1 heterocycles. The molecule has 1 aromatic carbocycles. The van der Waals surface area contributed by atoms with Crippen molar-refractivity contribution in [1.29, 1.82) is 0 Å². The number of rotatable bonds is 5. The summed E-state index contributed by atoms with van der Waals surface area (Å²) in [5.41, 5.74) is 0.329. The highest BCUT2D eigenvalue weighted by atomic mass is 19.4. The van der Waals surface area contributed by atoms with Crippen LogP contribution in [0.4, 0.5) is 13.2 Å². The first kappa shape index (κ1) is 15.5. The van der Waals surface area contributed by atoms with Gasteiger partial charge in [-0.15, -0.1) is 5.10 Å². The monoisotopic (exact) mass is 298 g/mol. The first-order valence-electron chi connectivity index (χ1n) is 6.66. The smallest absolute Gasteiger partial charge is 0.311 e. The van der Waals surface area contributed by atoms with Crippen LogP contribution < -0.4 is 5.32 Å². The molecule has 1 aromatic heterocycles. The van der Waals surface area contributed by atoms with Crippen molar-refractivity contribution in [3.05, 3.63) is 41.7 Å². The highest BCUT2D eigenvalue weighted by molar-refractivity contribution is 5.36. The molecule has 0 saturated heterocycles. The van der Waals surface area contributed by atoms with Gasteiger partial charge >= 0.3 is 6.18 Å². The Kier molecular flexibility index (Phi) is 4.62.